The summed E-state index contributed by atoms with van der Waals surface area (Å²) in [5.74, 6) is -0.402. The Labute approximate surface area is 119 Å². The molecule has 20 heavy (non-hydrogen) atoms. The Kier molecular flexibility index (Phi) is 3.65. The standard InChI is InChI=1S/C14H20BNO4/c1-9-7-10(12(17)18-6)8-16-11(9)15-19-13(2,3)14(4,5)20-15/h7-8H,1-6H3. The van der Waals surface area contributed by atoms with Crippen LogP contribution in [0.2, 0.25) is 0 Å². The Morgan fingerprint density at radius 1 is 1.25 bits per heavy atom. The molecule has 0 spiro atoms. The highest BCUT2D eigenvalue weighted by Gasteiger charge is 2.52. The van der Waals surface area contributed by atoms with Gasteiger partial charge in [-0.25, -0.2) is 4.79 Å². The third-order valence-corrected chi connectivity index (χ3v) is 4.02. The summed E-state index contributed by atoms with van der Waals surface area (Å²) in [6.07, 6.45) is 1.49. The van der Waals surface area contributed by atoms with E-state index in [1.807, 2.05) is 34.6 Å². The van der Waals surface area contributed by atoms with E-state index in [0.29, 0.717) is 11.2 Å². The van der Waals surface area contributed by atoms with Gasteiger partial charge >= 0.3 is 13.1 Å². The van der Waals surface area contributed by atoms with Crippen LogP contribution in [0.3, 0.4) is 0 Å². The van der Waals surface area contributed by atoms with Crippen molar-refractivity contribution >= 4 is 18.7 Å². The first-order valence-electron chi connectivity index (χ1n) is 6.58. The van der Waals surface area contributed by atoms with Crippen molar-refractivity contribution < 1.29 is 18.8 Å². The van der Waals surface area contributed by atoms with Gasteiger partial charge in [0.15, 0.2) is 0 Å². The van der Waals surface area contributed by atoms with E-state index in [0.717, 1.165) is 5.56 Å². The van der Waals surface area contributed by atoms with Crippen LogP contribution >= 0.6 is 0 Å². The highest BCUT2D eigenvalue weighted by molar-refractivity contribution is 6.61. The molecule has 1 fully saturated rings. The van der Waals surface area contributed by atoms with Crippen LogP contribution in [0.25, 0.3) is 0 Å². The van der Waals surface area contributed by atoms with Crippen molar-refractivity contribution in [3.8, 4) is 0 Å². The maximum atomic E-state index is 11.5. The van der Waals surface area contributed by atoms with Crippen molar-refractivity contribution in [2.24, 2.45) is 0 Å². The molecule has 1 aromatic heterocycles. The Bertz CT molecular complexity index is 526. The van der Waals surface area contributed by atoms with Gasteiger partial charge < -0.3 is 14.0 Å². The van der Waals surface area contributed by atoms with Gasteiger partial charge in [0.2, 0.25) is 0 Å². The van der Waals surface area contributed by atoms with Gasteiger partial charge in [0.25, 0.3) is 0 Å². The van der Waals surface area contributed by atoms with Crippen LogP contribution in [0.15, 0.2) is 12.3 Å². The fourth-order valence-electron chi connectivity index (χ4n) is 2.02. The molecule has 0 aliphatic carbocycles. The Morgan fingerprint density at radius 2 is 1.80 bits per heavy atom. The first kappa shape index (κ1) is 15.0. The zero-order valence-corrected chi connectivity index (χ0v) is 12.8. The second-order valence-electron chi connectivity index (χ2n) is 6.01. The lowest BCUT2D eigenvalue weighted by atomic mass is 9.81. The highest BCUT2D eigenvalue weighted by atomic mass is 16.7. The van der Waals surface area contributed by atoms with E-state index in [9.17, 15) is 4.79 Å². The normalized spacial score (nSPS) is 20.0. The van der Waals surface area contributed by atoms with Crippen LogP contribution in [0.4, 0.5) is 0 Å². The molecule has 5 nitrogen and oxygen atoms in total. The zero-order chi connectivity index (χ0) is 15.1. The average molecular weight is 277 g/mol. The molecule has 0 unspecified atom stereocenters. The van der Waals surface area contributed by atoms with Crippen LogP contribution in [0, 0.1) is 6.92 Å². The van der Waals surface area contributed by atoms with E-state index in [4.69, 9.17) is 9.31 Å². The van der Waals surface area contributed by atoms with Crippen LogP contribution in [-0.2, 0) is 14.0 Å². The number of aryl methyl sites for hydroxylation is 1. The Hall–Kier alpha value is -1.40. The van der Waals surface area contributed by atoms with Gasteiger partial charge in [0.05, 0.1) is 29.5 Å². The quantitative estimate of drug-likeness (QED) is 0.605. The molecule has 2 heterocycles. The number of pyridine rings is 1. The largest absolute Gasteiger partial charge is 0.514 e. The molecule has 0 aromatic carbocycles. The van der Waals surface area contributed by atoms with E-state index in [1.54, 1.807) is 6.07 Å². The molecule has 1 saturated heterocycles. The number of aromatic nitrogens is 1. The second-order valence-corrected chi connectivity index (χ2v) is 6.01. The number of hydrogen-bond donors (Lipinski definition) is 0. The molecule has 1 aliphatic heterocycles. The molecule has 0 bridgehead atoms. The van der Waals surface area contributed by atoms with Gasteiger partial charge in [-0.05, 0) is 46.2 Å². The van der Waals surface area contributed by atoms with Crippen LogP contribution in [0.5, 0.6) is 0 Å². The van der Waals surface area contributed by atoms with Crippen molar-refractivity contribution in [2.75, 3.05) is 7.11 Å². The molecule has 1 aromatic rings. The number of carbonyl (C=O) groups excluding carboxylic acids is 1. The molecule has 6 heteroatoms. The van der Waals surface area contributed by atoms with E-state index in [1.165, 1.54) is 13.3 Å². The first-order valence-corrected chi connectivity index (χ1v) is 6.58. The highest BCUT2D eigenvalue weighted by Crippen LogP contribution is 2.36. The fraction of sp³-hybridized carbons (Fsp3) is 0.571. The number of nitrogens with zero attached hydrogens (tertiary/aromatic N) is 1. The third-order valence-electron chi connectivity index (χ3n) is 4.02. The predicted molar refractivity (Wildman–Crippen MR) is 76.0 cm³/mol. The first-order chi connectivity index (χ1) is 9.18. The van der Waals surface area contributed by atoms with Gasteiger partial charge in [-0.2, -0.15) is 0 Å². The summed E-state index contributed by atoms with van der Waals surface area (Å²) in [4.78, 5) is 15.8. The lowest BCUT2D eigenvalue weighted by molar-refractivity contribution is 0.00578. The minimum atomic E-state index is -0.522. The van der Waals surface area contributed by atoms with E-state index < -0.39 is 24.3 Å². The molecule has 0 saturated carbocycles. The maximum Gasteiger partial charge on any atom is 0.514 e. The van der Waals surface area contributed by atoms with Crippen LogP contribution < -0.4 is 5.59 Å². The van der Waals surface area contributed by atoms with Gasteiger partial charge in [0, 0.05) is 6.20 Å². The summed E-state index contributed by atoms with van der Waals surface area (Å²) in [6.45, 7) is 9.84. The van der Waals surface area contributed by atoms with Crippen molar-refractivity contribution in [3.63, 3.8) is 0 Å². The number of ether oxygens (including phenoxy) is 1. The summed E-state index contributed by atoms with van der Waals surface area (Å²) in [5.41, 5.74) is 1.13. The third kappa shape index (κ3) is 2.45. The van der Waals surface area contributed by atoms with Crippen LogP contribution in [-0.4, -0.2) is 36.4 Å². The lowest BCUT2D eigenvalue weighted by Gasteiger charge is -2.32. The molecule has 0 amide bonds. The zero-order valence-electron chi connectivity index (χ0n) is 12.8. The van der Waals surface area contributed by atoms with Crippen molar-refractivity contribution in [1.29, 1.82) is 0 Å². The average Bonchev–Trinajstić information content (AvgIpc) is 2.57. The number of carbonyl (C=O) groups is 1. The minimum Gasteiger partial charge on any atom is -0.465 e. The van der Waals surface area contributed by atoms with E-state index in [2.05, 4.69) is 9.72 Å². The minimum absolute atomic E-state index is 0.402. The molecule has 0 radical (unpaired) electrons. The van der Waals surface area contributed by atoms with Crippen LogP contribution in [0.1, 0.15) is 43.6 Å². The maximum absolute atomic E-state index is 11.5. The SMILES string of the molecule is COC(=O)c1cnc(B2OC(C)(C)C(C)(C)O2)c(C)c1. The predicted octanol–water partition coefficient (Wildman–Crippen LogP) is 1.48. The van der Waals surface area contributed by atoms with Crippen molar-refractivity contribution in [2.45, 2.75) is 45.8 Å². The Morgan fingerprint density at radius 3 is 2.25 bits per heavy atom. The number of rotatable bonds is 2. The number of methoxy groups -OCH3 is 1. The fourth-order valence-corrected chi connectivity index (χ4v) is 2.02. The van der Waals surface area contributed by atoms with Gasteiger partial charge in [0.1, 0.15) is 0 Å². The monoisotopic (exact) mass is 277 g/mol. The summed E-state index contributed by atoms with van der Waals surface area (Å²) in [6, 6.07) is 1.74. The number of esters is 1. The molecule has 1 aliphatic rings. The molecular weight excluding hydrogens is 257 g/mol. The summed E-state index contributed by atoms with van der Waals surface area (Å²) in [7, 11) is 0.825. The smallest absolute Gasteiger partial charge is 0.465 e. The van der Waals surface area contributed by atoms with E-state index >= 15 is 0 Å². The summed E-state index contributed by atoms with van der Waals surface area (Å²) < 4.78 is 16.6. The van der Waals surface area contributed by atoms with Crippen molar-refractivity contribution in [3.05, 3.63) is 23.4 Å². The van der Waals surface area contributed by atoms with Crippen molar-refractivity contribution in [1.82, 2.24) is 4.98 Å². The summed E-state index contributed by atoms with van der Waals surface area (Å²) in [5, 5.41) is 0. The Balaban J connectivity index is 2.30. The lowest BCUT2D eigenvalue weighted by Crippen LogP contribution is -2.41. The summed E-state index contributed by atoms with van der Waals surface area (Å²) >= 11 is 0. The topological polar surface area (TPSA) is 57.7 Å². The molecule has 2 rings (SSSR count). The molecule has 0 N–H and O–H groups in total. The van der Waals surface area contributed by atoms with Gasteiger partial charge in [-0.15, -0.1) is 0 Å². The van der Waals surface area contributed by atoms with E-state index in [-0.39, 0.29) is 0 Å². The van der Waals surface area contributed by atoms with Gasteiger partial charge in [-0.3, -0.25) is 4.98 Å². The number of hydrogen-bond acceptors (Lipinski definition) is 5. The second kappa shape index (κ2) is 4.86. The molecule has 108 valence electrons. The van der Waals surface area contributed by atoms with Gasteiger partial charge in [-0.1, -0.05) is 0 Å². The molecular formula is C14H20BNO4. The molecule has 0 atom stereocenters.